The molecule has 8 heteroatoms. The summed E-state index contributed by atoms with van der Waals surface area (Å²) in [5.41, 5.74) is 0. The van der Waals surface area contributed by atoms with Gasteiger partial charge in [0.25, 0.3) is 0 Å². The summed E-state index contributed by atoms with van der Waals surface area (Å²) in [5.74, 6) is 0. The van der Waals surface area contributed by atoms with Crippen molar-refractivity contribution in [2.75, 3.05) is 39.5 Å². The van der Waals surface area contributed by atoms with Crippen LogP contribution in [-0.2, 0) is 10.0 Å². The molecule has 2 heterocycles. The van der Waals surface area contributed by atoms with Crippen molar-refractivity contribution >= 4 is 16.1 Å². The van der Waals surface area contributed by atoms with Gasteiger partial charge < -0.3 is 15.5 Å². The van der Waals surface area contributed by atoms with Crippen LogP contribution in [0.25, 0.3) is 0 Å². The molecule has 0 bridgehead atoms. The maximum absolute atomic E-state index is 12.0. The minimum Gasteiger partial charge on any atom is -0.335 e. The Kier molecular flexibility index (Phi) is 5.45. The fraction of sp³-hybridized carbons (Fsp3) is 0.923. The fourth-order valence-corrected chi connectivity index (χ4v) is 3.77. The van der Waals surface area contributed by atoms with E-state index in [-0.39, 0.29) is 18.1 Å². The average Bonchev–Trinajstić information content (AvgIpc) is 2.41. The Labute approximate surface area is 127 Å². The summed E-state index contributed by atoms with van der Waals surface area (Å²) >= 11 is 0. The monoisotopic (exact) mass is 318 g/mol. The number of sulfonamides is 1. The number of carbonyl (C=O) groups excluding carboxylic acids is 1. The van der Waals surface area contributed by atoms with E-state index in [1.54, 1.807) is 0 Å². The number of piperidine rings is 2. The molecule has 2 aliphatic rings. The molecule has 0 unspecified atom stereocenters. The molecule has 0 saturated carbocycles. The normalized spacial score (nSPS) is 23.9. The van der Waals surface area contributed by atoms with E-state index in [4.69, 9.17) is 0 Å². The minimum atomic E-state index is -3.11. The van der Waals surface area contributed by atoms with Gasteiger partial charge in [0.1, 0.15) is 0 Å². The molecule has 0 radical (unpaired) electrons. The molecule has 2 saturated heterocycles. The predicted molar refractivity (Wildman–Crippen MR) is 81.6 cm³/mol. The number of urea groups is 1. The minimum absolute atomic E-state index is 0.0641. The first-order valence-corrected chi connectivity index (χ1v) is 9.40. The number of nitrogens with one attached hydrogen (secondary N) is 2. The van der Waals surface area contributed by atoms with Gasteiger partial charge >= 0.3 is 6.03 Å². The van der Waals surface area contributed by atoms with E-state index >= 15 is 0 Å². The standard InChI is InChI=1S/C13H26N4O3S/c1-16-7-3-11(4-8-16)14-13(18)15-12-5-9-17(10-6-12)21(2,19)20/h11-12H,3-10H2,1-2H3,(H2,14,15,18). The second-order valence-electron chi connectivity index (χ2n) is 6.13. The zero-order chi connectivity index (χ0) is 15.5. The Morgan fingerprint density at radius 3 is 1.81 bits per heavy atom. The van der Waals surface area contributed by atoms with Crippen LogP contribution in [0.2, 0.25) is 0 Å². The Morgan fingerprint density at radius 2 is 1.38 bits per heavy atom. The van der Waals surface area contributed by atoms with Crippen molar-refractivity contribution in [1.82, 2.24) is 19.8 Å². The lowest BCUT2D eigenvalue weighted by molar-refractivity contribution is 0.206. The molecule has 0 spiro atoms. The fourth-order valence-electron chi connectivity index (χ4n) is 2.90. The van der Waals surface area contributed by atoms with Crippen molar-refractivity contribution < 1.29 is 13.2 Å². The maximum atomic E-state index is 12.0. The third-order valence-corrected chi connectivity index (χ3v) is 5.62. The van der Waals surface area contributed by atoms with Crippen molar-refractivity contribution in [3.63, 3.8) is 0 Å². The van der Waals surface area contributed by atoms with Crippen LogP contribution >= 0.6 is 0 Å². The third-order valence-electron chi connectivity index (χ3n) is 4.31. The summed E-state index contributed by atoms with van der Waals surface area (Å²) in [4.78, 5) is 14.2. The predicted octanol–water partition coefficient (Wildman–Crippen LogP) is -0.196. The lowest BCUT2D eigenvalue weighted by Crippen LogP contribution is -2.52. The topological polar surface area (TPSA) is 81.8 Å². The lowest BCUT2D eigenvalue weighted by Gasteiger charge is -2.32. The van der Waals surface area contributed by atoms with Crippen LogP contribution in [0.15, 0.2) is 0 Å². The number of hydrogen-bond acceptors (Lipinski definition) is 4. The van der Waals surface area contributed by atoms with Gasteiger partial charge in [-0.05, 0) is 45.8 Å². The van der Waals surface area contributed by atoms with Crippen molar-refractivity contribution in [3.8, 4) is 0 Å². The van der Waals surface area contributed by atoms with Crippen molar-refractivity contribution in [1.29, 1.82) is 0 Å². The molecule has 2 rings (SSSR count). The summed E-state index contributed by atoms with van der Waals surface area (Å²) in [6.45, 7) is 2.99. The quantitative estimate of drug-likeness (QED) is 0.755. The molecule has 21 heavy (non-hydrogen) atoms. The number of rotatable bonds is 3. The van der Waals surface area contributed by atoms with Crippen LogP contribution in [0.4, 0.5) is 4.79 Å². The first-order chi connectivity index (χ1) is 9.84. The number of hydrogen-bond donors (Lipinski definition) is 2. The second-order valence-corrected chi connectivity index (χ2v) is 8.11. The van der Waals surface area contributed by atoms with E-state index < -0.39 is 10.0 Å². The van der Waals surface area contributed by atoms with Gasteiger partial charge in [0.2, 0.25) is 10.0 Å². The third kappa shape index (κ3) is 5.12. The molecule has 2 fully saturated rings. The SMILES string of the molecule is CN1CCC(NC(=O)NC2CCN(S(C)(=O)=O)CC2)CC1. The zero-order valence-electron chi connectivity index (χ0n) is 12.8. The van der Waals surface area contributed by atoms with Gasteiger partial charge in [0, 0.05) is 25.2 Å². The summed E-state index contributed by atoms with van der Waals surface area (Å²) in [6.07, 6.45) is 4.54. The molecule has 0 aromatic rings. The summed E-state index contributed by atoms with van der Waals surface area (Å²) in [6, 6.07) is 0.189. The highest BCUT2D eigenvalue weighted by Gasteiger charge is 2.26. The largest absolute Gasteiger partial charge is 0.335 e. The van der Waals surface area contributed by atoms with E-state index in [0.717, 1.165) is 25.9 Å². The van der Waals surface area contributed by atoms with E-state index in [2.05, 4.69) is 22.6 Å². The van der Waals surface area contributed by atoms with Gasteiger partial charge in [-0.2, -0.15) is 0 Å². The van der Waals surface area contributed by atoms with Crippen molar-refractivity contribution in [3.05, 3.63) is 0 Å². The van der Waals surface area contributed by atoms with Gasteiger partial charge in [-0.15, -0.1) is 0 Å². The van der Waals surface area contributed by atoms with Gasteiger partial charge in [-0.1, -0.05) is 0 Å². The molecule has 2 aliphatic heterocycles. The zero-order valence-corrected chi connectivity index (χ0v) is 13.7. The number of carbonyl (C=O) groups is 1. The molecule has 2 amide bonds. The Morgan fingerprint density at radius 1 is 0.952 bits per heavy atom. The number of likely N-dealkylation sites (tertiary alicyclic amines) is 1. The molecule has 0 aliphatic carbocycles. The highest BCUT2D eigenvalue weighted by molar-refractivity contribution is 7.88. The van der Waals surface area contributed by atoms with E-state index in [0.29, 0.717) is 25.9 Å². The van der Waals surface area contributed by atoms with E-state index in [1.165, 1.54) is 10.6 Å². The highest BCUT2D eigenvalue weighted by atomic mass is 32.2. The number of amides is 2. The van der Waals surface area contributed by atoms with Crippen molar-refractivity contribution in [2.24, 2.45) is 0 Å². The van der Waals surface area contributed by atoms with Crippen LogP contribution in [0.5, 0.6) is 0 Å². The van der Waals surface area contributed by atoms with Gasteiger partial charge in [-0.25, -0.2) is 17.5 Å². The average molecular weight is 318 g/mol. The molecule has 0 aromatic carbocycles. The Hall–Kier alpha value is -0.860. The molecule has 2 N–H and O–H groups in total. The molecular weight excluding hydrogens is 292 g/mol. The highest BCUT2D eigenvalue weighted by Crippen LogP contribution is 2.13. The summed E-state index contributed by atoms with van der Waals surface area (Å²) < 4.78 is 24.3. The Balaban J connectivity index is 1.70. The van der Waals surface area contributed by atoms with E-state index in [1.807, 2.05) is 0 Å². The summed E-state index contributed by atoms with van der Waals surface area (Å²) in [5, 5.41) is 5.98. The van der Waals surface area contributed by atoms with Crippen LogP contribution in [-0.4, -0.2) is 75.2 Å². The van der Waals surface area contributed by atoms with Gasteiger partial charge in [0.05, 0.1) is 6.26 Å². The summed E-state index contributed by atoms with van der Waals surface area (Å²) in [7, 11) is -1.02. The molecule has 122 valence electrons. The Bertz CT molecular complexity index is 452. The van der Waals surface area contributed by atoms with Crippen LogP contribution in [0, 0.1) is 0 Å². The van der Waals surface area contributed by atoms with Crippen LogP contribution < -0.4 is 10.6 Å². The first-order valence-electron chi connectivity index (χ1n) is 7.55. The molecule has 0 aromatic heterocycles. The number of nitrogens with zero attached hydrogens (tertiary/aromatic N) is 2. The first kappa shape index (κ1) is 16.5. The second kappa shape index (κ2) is 6.93. The van der Waals surface area contributed by atoms with Gasteiger partial charge in [0.15, 0.2) is 0 Å². The van der Waals surface area contributed by atoms with Crippen LogP contribution in [0.1, 0.15) is 25.7 Å². The van der Waals surface area contributed by atoms with Gasteiger partial charge in [-0.3, -0.25) is 0 Å². The van der Waals surface area contributed by atoms with E-state index in [9.17, 15) is 13.2 Å². The van der Waals surface area contributed by atoms with Crippen molar-refractivity contribution in [2.45, 2.75) is 37.8 Å². The molecule has 0 atom stereocenters. The maximum Gasteiger partial charge on any atom is 0.315 e. The lowest BCUT2D eigenvalue weighted by atomic mass is 10.1. The van der Waals surface area contributed by atoms with Crippen LogP contribution in [0.3, 0.4) is 0 Å². The molecular formula is C13H26N4O3S. The smallest absolute Gasteiger partial charge is 0.315 e. The molecule has 7 nitrogen and oxygen atoms in total.